The molecule has 1 aliphatic rings. The minimum absolute atomic E-state index is 0.0499. The van der Waals surface area contributed by atoms with E-state index in [2.05, 4.69) is 16.5 Å². The largest absolute Gasteiger partial charge is 0.348 e. The predicted octanol–water partition coefficient (Wildman–Crippen LogP) is 2.20. The van der Waals surface area contributed by atoms with Crippen molar-refractivity contribution < 1.29 is 13.6 Å². The van der Waals surface area contributed by atoms with Gasteiger partial charge in [-0.3, -0.25) is 9.48 Å². The van der Waals surface area contributed by atoms with Gasteiger partial charge in [0.05, 0.1) is 5.56 Å². The van der Waals surface area contributed by atoms with Crippen LogP contribution in [0.3, 0.4) is 0 Å². The molecule has 1 aromatic rings. The van der Waals surface area contributed by atoms with Crippen molar-refractivity contribution in [1.29, 1.82) is 0 Å². The highest BCUT2D eigenvalue weighted by Gasteiger charge is 2.22. The first-order valence-corrected chi connectivity index (χ1v) is 5.85. The van der Waals surface area contributed by atoms with Crippen molar-refractivity contribution in [2.45, 2.75) is 25.7 Å². The van der Waals surface area contributed by atoms with Gasteiger partial charge in [0.2, 0.25) is 0 Å². The molecule has 4 nitrogen and oxygen atoms in total. The standard InChI is InChI=1S/C12H15F2N3O/c1-17-7-9(10(16-17)11(13)14)12(18)15-6-8-4-2-3-5-8/h4,7,11H,2-3,5-6H2,1H3,(H,15,18). The number of hydrogen-bond acceptors (Lipinski definition) is 2. The van der Waals surface area contributed by atoms with Crippen molar-refractivity contribution in [2.24, 2.45) is 7.05 Å². The number of nitrogens with one attached hydrogen (secondary N) is 1. The quantitative estimate of drug-likeness (QED) is 0.838. The zero-order valence-corrected chi connectivity index (χ0v) is 10.1. The maximum atomic E-state index is 12.7. The van der Waals surface area contributed by atoms with Crippen LogP contribution in [-0.2, 0) is 7.05 Å². The Balaban J connectivity index is 2.03. The Morgan fingerprint density at radius 3 is 3.00 bits per heavy atom. The second-order valence-corrected chi connectivity index (χ2v) is 4.34. The summed E-state index contributed by atoms with van der Waals surface area (Å²) in [6.07, 6.45) is 3.75. The minimum atomic E-state index is -2.74. The number of halogens is 2. The van der Waals surface area contributed by atoms with Crippen molar-refractivity contribution in [3.05, 3.63) is 29.1 Å². The molecule has 1 aromatic heterocycles. The second-order valence-electron chi connectivity index (χ2n) is 4.34. The molecule has 0 aliphatic heterocycles. The Bertz CT molecular complexity index is 480. The number of allylic oxidation sites excluding steroid dienone is 1. The summed E-state index contributed by atoms with van der Waals surface area (Å²) in [7, 11) is 1.52. The van der Waals surface area contributed by atoms with Crippen LogP contribution < -0.4 is 5.32 Å². The SMILES string of the molecule is Cn1cc(C(=O)NCC2=CCCC2)c(C(F)F)n1. The summed E-state index contributed by atoms with van der Waals surface area (Å²) in [5.41, 5.74) is 0.646. The number of aryl methyl sites for hydroxylation is 1. The van der Waals surface area contributed by atoms with Gasteiger partial charge in [0.1, 0.15) is 5.69 Å². The molecule has 0 aromatic carbocycles. The van der Waals surface area contributed by atoms with Crippen molar-refractivity contribution in [3.8, 4) is 0 Å². The zero-order valence-electron chi connectivity index (χ0n) is 10.1. The summed E-state index contributed by atoms with van der Waals surface area (Å²) >= 11 is 0. The molecule has 6 heteroatoms. The van der Waals surface area contributed by atoms with Gasteiger partial charge in [-0.2, -0.15) is 5.10 Å². The van der Waals surface area contributed by atoms with Crippen molar-refractivity contribution >= 4 is 5.91 Å². The normalized spacial score (nSPS) is 15.0. The highest BCUT2D eigenvalue weighted by Crippen LogP contribution is 2.21. The summed E-state index contributed by atoms with van der Waals surface area (Å²) < 4.78 is 26.6. The van der Waals surface area contributed by atoms with Gasteiger partial charge in [-0.05, 0) is 19.3 Å². The molecular formula is C12H15F2N3O. The molecule has 18 heavy (non-hydrogen) atoms. The minimum Gasteiger partial charge on any atom is -0.348 e. The average Bonchev–Trinajstić information content (AvgIpc) is 2.94. The van der Waals surface area contributed by atoms with Gasteiger partial charge in [-0.1, -0.05) is 11.6 Å². The van der Waals surface area contributed by atoms with Gasteiger partial charge in [0.25, 0.3) is 12.3 Å². The summed E-state index contributed by atoms with van der Waals surface area (Å²) in [6, 6.07) is 0. The average molecular weight is 255 g/mol. The Morgan fingerprint density at radius 1 is 1.61 bits per heavy atom. The number of aromatic nitrogens is 2. The first-order valence-electron chi connectivity index (χ1n) is 5.85. The lowest BCUT2D eigenvalue weighted by Gasteiger charge is -2.05. The smallest absolute Gasteiger partial charge is 0.282 e. The van der Waals surface area contributed by atoms with Crippen molar-refractivity contribution in [1.82, 2.24) is 15.1 Å². The van der Waals surface area contributed by atoms with Gasteiger partial charge in [0.15, 0.2) is 0 Å². The number of nitrogens with zero attached hydrogens (tertiary/aromatic N) is 2. The molecule has 0 unspecified atom stereocenters. The molecule has 0 atom stereocenters. The molecule has 1 amide bonds. The molecule has 1 aliphatic carbocycles. The number of alkyl halides is 2. The van der Waals surface area contributed by atoms with E-state index < -0.39 is 18.0 Å². The molecule has 0 radical (unpaired) electrons. The van der Waals surface area contributed by atoms with Gasteiger partial charge in [0, 0.05) is 19.8 Å². The number of hydrogen-bond donors (Lipinski definition) is 1. The summed E-state index contributed by atoms with van der Waals surface area (Å²) in [5, 5.41) is 6.26. The monoisotopic (exact) mass is 255 g/mol. The Morgan fingerprint density at radius 2 is 2.39 bits per heavy atom. The molecule has 1 N–H and O–H groups in total. The van der Waals surface area contributed by atoms with Crippen LogP contribution in [0.15, 0.2) is 17.8 Å². The molecule has 0 saturated heterocycles. The van der Waals surface area contributed by atoms with Crippen LogP contribution in [0.5, 0.6) is 0 Å². The third-order valence-electron chi connectivity index (χ3n) is 2.92. The van der Waals surface area contributed by atoms with Crippen molar-refractivity contribution in [2.75, 3.05) is 6.54 Å². The lowest BCUT2D eigenvalue weighted by molar-refractivity contribution is 0.0942. The fourth-order valence-corrected chi connectivity index (χ4v) is 2.03. The van der Waals surface area contributed by atoms with Crippen molar-refractivity contribution in [3.63, 3.8) is 0 Å². The van der Waals surface area contributed by atoms with Crippen LogP contribution in [0.4, 0.5) is 8.78 Å². The van der Waals surface area contributed by atoms with Crippen LogP contribution in [0.25, 0.3) is 0 Å². The molecular weight excluding hydrogens is 240 g/mol. The van der Waals surface area contributed by atoms with Gasteiger partial charge in [-0.25, -0.2) is 8.78 Å². The van der Waals surface area contributed by atoms with E-state index in [-0.39, 0.29) is 5.56 Å². The van der Waals surface area contributed by atoms with Crippen LogP contribution >= 0.6 is 0 Å². The number of amides is 1. The molecule has 98 valence electrons. The number of carbonyl (C=O) groups excluding carboxylic acids is 1. The lowest BCUT2D eigenvalue weighted by Crippen LogP contribution is -2.26. The van der Waals surface area contributed by atoms with Crippen LogP contribution in [0, 0.1) is 0 Å². The fraction of sp³-hybridized carbons (Fsp3) is 0.500. The third kappa shape index (κ3) is 2.75. The van der Waals surface area contributed by atoms with E-state index in [1.807, 2.05) is 0 Å². The summed E-state index contributed by atoms with van der Waals surface area (Å²) in [4.78, 5) is 11.8. The highest BCUT2D eigenvalue weighted by atomic mass is 19.3. The first kappa shape index (κ1) is 12.7. The highest BCUT2D eigenvalue weighted by molar-refractivity contribution is 5.95. The van der Waals surface area contributed by atoms with E-state index in [9.17, 15) is 13.6 Å². The first-order chi connectivity index (χ1) is 8.58. The van der Waals surface area contributed by atoms with Gasteiger partial charge < -0.3 is 5.32 Å². The Hall–Kier alpha value is -1.72. The lowest BCUT2D eigenvalue weighted by atomic mass is 10.2. The van der Waals surface area contributed by atoms with E-state index in [1.54, 1.807) is 0 Å². The van der Waals surface area contributed by atoms with E-state index in [0.29, 0.717) is 6.54 Å². The summed E-state index contributed by atoms with van der Waals surface area (Å²) in [5.74, 6) is -0.494. The molecule has 1 heterocycles. The van der Waals surface area contributed by atoms with Gasteiger partial charge >= 0.3 is 0 Å². The fourth-order valence-electron chi connectivity index (χ4n) is 2.03. The van der Waals surface area contributed by atoms with E-state index in [0.717, 1.165) is 24.8 Å². The maximum absolute atomic E-state index is 12.7. The molecule has 0 fully saturated rings. The molecule has 0 bridgehead atoms. The Labute approximate surface area is 104 Å². The van der Waals surface area contributed by atoms with E-state index in [4.69, 9.17) is 0 Å². The second kappa shape index (κ2) is 5.29. The molecule has 0 spiro atoms. The topological polar surface area (TPSA) is 46.9 Å². The van der Waals surface area contributed by atoms with E-state index in [1.165, 1.54) is 17.9 Å². The van der Waals surface area contributed by atoms with Gasteiger partial charge in [-0.15, -0.1) is 0 Å². The summed E-state index contributed by atoms with van der Waals surface area (Å²) in [6.45, 7) is 0.427. The maximum Gasteiger partial charge on any atom is 0.282 e. The molecule has 2 rings (SSSR count). The Kier molecular flexibility index (Phi) is 3.74. The number of carbonyl (C=O) groups is 1. The third-order valence-corrected chi connectivity index (χ3v) is 2.92. The number of rotatable bonds is 4. The van der Waals surface area contributed by atoms with E-state index >= 15 is 0 Å². The van der Waals surface area contributed by atoms with Crippen LogP contribution in [-0.4, -0.2) is 22.2 Å². The van der Waals surface area contributed by atoms with Crippen LogP contribution in [0.1, 0.15) is 41.7 Å². The molecule has 0 saturated carbocycles. The van der Waals surface area contributed by atoms with Crippen LogP contribution in [0.2, 0.25) is 0 Å². The zero-order chi connectivity index (χ0) is 13.1. The predicted molar refractivity (Wildman–Crippen MR) is 62.4 cm³/mol.